The van der Waals surface area contributed by atoms with E-state index in [1.165, 1.54) is 6.20 Å². The number of benzene rings is 1. The lowest BCUT2D eigenvalue weighted by molar-refractivity contribution is -0.124. The number of carbonyl (C=O) groups excluding carboxylic acids is 4. The van der Waals surface area contributed by atoms with Crippen LogP contribution in [0.5, 0.6) is 0 Å². The van der Waals surface area contributed by atoms with Crippen LogP contribution in [0.15, 0.2) is 47.2 Å². The smallest absolute Gasteiger partial charge is 0.261 e. The quantitative estimate of drug-likeness (QED) is 0.634. The van der Waals surface area contributed by atoms with Gasteiger partial charge in [-0.3, -0.25) is 29.1 Å². The van der Waals surface area contributed by atoms with E-state index in [1.807, 2.05) is 0 Å². The van der Waals surface area contributed by atoms with E-state index in [-0.39, 0.29) is 43.1 Å². The lowest BCUT2D eigenvalue weighted by Crippen LogP contribution is -2.34. The van der Waals surface area contributed by atoms with Crippen LogP contribution in [0.4, 0.5) is 5.69 Å². The number of amides is 4. The summed E-state index contributed by atoms with van der Waals surface area (Å²) in [5, 5.41) is 5.12. The van der Waals surface area contributed by atoms with Gasteiger partial charge in [-0.15, -0.1) is 0 Å². The van der Waals surface area contributed by atoms with Crippen LogP contribution in [-0.2, 0) is 9.59 Å². The Kier molecular flexibility index (Phi) is 6.15. The van der Waals surface area contributed by atoms with E-state index in [4.69, 9.17) is 0 Å². The summed E-state index contributed by atoms with van der Waals surface area (Å²) in [6.45, 7) is -0.0337. The summed E-state index contributed by atoms with van der Waals surface area (Å²) in [5.41, 5.74) is 1.26. The first-order chi connectivity index (χ1) is 13.5. The van der Waals surface area contributed by atoms with Crippen LogP contribution in [0, 0.1) is 0 Å². The predicted molar refractivity (Wildman–Crippen MR) is 105 cm³/mol. The molecule has 0 bridgehead atoms. The van der Waals surface area contributed by atoms with Crippen molar-refractivity contribution in [2.45, 2.75) is 12.8 Å². The van der Waals surface area contributed by atoms with Gasteiger partial charge in [0.2, 0.25) is 11.8 Å². The van der Waals surface area contributed by atoms with Crippen LogP contribution < -0.4 is 10.6 Å². The molecule has 28 heavy (non-hydrogen) atoms. The summed E-state index contributed by atoms with van der Waals surface area (Å²) in [6, 6.07) is 8.30. The Balaban J connectivity index is 1.41. The zero-order chi connectivity index (χ0) is 20.1. The maximum absolute atomic E-state index is 12.3. The standard InChI is InChI=1S/C19H17BrN4O4/c20-12-5-6-14-15(9-12)19(28)24(18(14)27)8-2-4-16(25)22-11-17(26)23-13-3-1-7-21-10-13/h1,3,5-7,9-10H,2,4,8,11H2,(H,22,25)(H,23,26). The van der Waals surface area contributed by atoms with Crippen molar-refractivity contribution in [3.8, 4) is 0 Å². The van der Waals surface area contributed by atoms with Crippen molar-refractivity contribution in [1.29, 1.82) is 0 Å². The fourth-order valence-corrected chi connectivity index (χ4v) is 3.13. The summed E-state index contributed by atoms with van der Waals surface area (Å²) in [4.78, 5) is 53.4. The third kappa shape index (κ3) is 4.61. The molecular formula is C19H17BrN4O4. The molecule has 0 radical (unpaired) electrons. The van der Waals surface area contributed by atoms with Crippen LogP contribution in [0.1, 0.15) is 33.6 Å². The fourth-order valence-electron chi connectivity index (χ4n) is 2.77. The number of pyridine rings is 1. The van der Waals surface area contributed by atoms with Crippen LogP contribution >= 0.6 is 15.9 Å². The van der Waals surface area contributed by atoms with Crippen molar-refractivity contribution in [1.82, 2.24) is 15.2 Å². The Morgan fingerprint density at radius 2 is 1.86 bits per heavy atom. The lowest BCUT2D eigenvalue weighted by Gasteiger charge is -2.13. The number of hydrogen-bond acceptors (Lipinski definition) is 5. The van der Waals surface area contributed by atoms with E-state index in [1.54, 1.807) is 36.5 Å². The molecule has 1 aromatic carbocycles. The molecule has 144 valence electrons. The van der Waals surface area contributed by atoms with Gasteiger partial charge in [0.15, 0.2) is 0 Å². The molecule has 0 spiro atoms. The van der Waals surface area contributed by atoms with Crippen LogP contribution in [0.25, 0.3) is 0 Å². The SMILES string of the molecule is O=C(CCCN1C(=O)c2ccc(Br)cc2C1=O)NCC(=O)Nc1cccnc1. The van der Waals surface area contributed by atoms with Crippen molar-refractivity contribution in [2.24, 2.45) is 0 Å². The molecule has 0 fully saturated rings. The first-order valence-electron chi connectivity index (χ1n) is 8.58. The summed E-state index contributed by atoms with van der Waals surface area (Å²) in [6.07, 6.45) is 3.49. The maximum Gasteiger partial charge on any atom is 0.261 e. The Hall–Kier alpha value is -3.07. The van der Waals surface area contributed by atoms with Crippen LogP contribution in [0.3, 0.4) is 0 Å². The van der Waals surface area contributed by atoms with Gasteiger partial charge >= 0.3 is 0 Å². The molecule has 4 amide bonds. The summed E-state index contributed by atoms with van der Waals surface area (Å²) < 4.78 is 0.721. The van der Waals surface area contributed by atoms with Crippen molar-refractivity contribution >= 4 is 45.2 Å². The monoisotopic (exact) mass is 444 g/mol. The number of fused-ring (bicyclic) bond motifs is 1. The van der Waals surface area contributed by atoms with E-state index < -0.39 is 0 Å². The van der Waals surface area contributed by atoms with Crippen molar-refractivity contribution in [3.63, 3.8) is 0 Å². The number of rotatable bonds is 7. The summed E-state index contributed by atoms with van der Waals surface area (Å²) >= 11 is 3.28. The van der Waals surface area contributed by atoms with Crippen LogP contribution in [0.2, 0.25) is 0 Å². The molecule has 2 aromatic rings. The molecule has 0 aliphatic carbocycles. The van der Waals surface area contributed by atoms with Gasteiger partial charge in [-0.25, -0.2) is 0 Å². The normalized spacial score (nSPS) is 12.7. The third-order valence-electron chi connectivity index (χ3n) is 4.11. The minimum atomic E-state index is -0.368. The number of nitrogens with zero attached hydrogens (tertiary/aromatic N) is 2. The minimum Gasteiger partial charge on any atom is -0.347 e. The average molecular weight is 445 g/mol. The molecule has 1 aliphatic heterocycles. The molecule has 2 heterocycles. The Labute approximate surface area is 169 Å². The van der Waals surface area contributed by atoms with Crippen molar-refractivity contribution in [3.05, 3.63) is 58.3 Å². The number of hydrogen-bond donors (Lipinski definition) is 2. The second kappa shape index (κ2) is 8.75. The van der Waals surface area contributed by atoms with Gasteiger partial charge in [-0.1, -0.05) is 15.9 Å². The molecule has 2 N–H and O–H groups in total. The number of imide groups is 1. The first-order valence-corrected chi connectivity index (χ1v) is 9.37. The number of nitrogens with one attached hydrogen (secondary N) is 2. The van der Waals surface area contributed by atoms with E-state index in [9.17, 15) is 19.2 Å². The molecule has 1 aliphatic rings. The molecule has 3 rings (SSSR count). The Bertz CT molecular complexity index is 933. The van der Waals surface area contributed by atoms with Crippen molar-refractivity contribution < 1.29 is 19.2 Å². The van der Waals surface area contributed by atoms with Gasteiger partial charge in [-0.05, 0) is 36.8 Å². The highest BCUT2D eigenvalue weighted by Gasteiger charge is 2.35. The number of carbonyl (C=O) groups is 4. The Morgan fingerprint density at radius 1 is 1.07 bits per heavy atom. The molecular weight excluding hydrogens is 428 g/mol. The van der Waals surface area contributed by atoms with Gasteiger partial charge in [0.25, 0.3) is 11.8 Å². The predicted octanol–water partition coefficient (Wildman–Crippen LogP) is 1.98. The third-order valence-corrected chi connectivity index (χ3v) is 4.60. The van der Waals surface area contributed by atoms with E-state index in [2.05, 4.69) is 31.5 Å². The van der Waals surface area contributed by atoms with E-state index >= 15 is 0 Å². The highest BCUT2D eigenvalue weighted by Crippen LogP contribution is 2.26. The second-order valence-electron chi connectivity index (χ2n) is 6.12. The second-order valence-corrected chi connectivity index (χ2v) is 7.04. The molecule has 8 nitrogen and oxygen atoms in total. The number of anilines is 1. The fraction of sp³-hybridized carbons (Fsp3) is 0.211. The highest BCUT2D eigenvalue weighted by molar-refractivity contribution is 9.10. The molecule has 0 atom stereocenters. The zero-order valence-electron chi connectivity index (χ0n) is 14.8. The minimum absolute atomic E-state index is 0.0945. The number of halogens is 1. The lowest BCUT2D eigenvalue weighted by atomic mass is 10.1. The molecule has 0 unspecified atom stereocenters. The Morgan fingerprint density at radius 3 is 2.61 bits per heavy atom. The van der Waals surface area contributed by atoms with Crippen LogP contribution in [-0.4, -0.2) is 46.6 Å². The van der Waals surface area contributed by atoms with Gasteiger partial charge in [0.05, 0.1) is 29.6 Å². The first kappa shape index (κ1) is 19.7. The summed E-state index contributed by atoms with van der Waals surface area (Å²) in [7, 11) is 0. The van der Waals surface area contributed by atoms with E-state index in [0.29, 0.717) is 23.2 Å². The largest absolute Gasteiger partial charge is 0.347 e. The maximum atomic E-state index is 12.3. The van der Waals surface area contributed by atoms with Crippen molar-refractivity contribution in [2.75, 3.05) is 18.4 Å². The van der Waals surface area contributed by atoms with Gasteiger partial charge in [-0.2, -0.15) is 0 Å². The zero-order valence-corrected chi connectivity index (χ0v) is 16.4. The molecule has 1 aromatic heterocycles. The number of aromatic nitrogens is 1. The molecule has 0 saturated heterocycles. The topological polar surface area (TPSA) is 108 Å². The van der Waals surface area contributed by atoms with Gasteiger partial charge in [0.1, 0.15) is 0 Å². The molecule has 0 saturated carbocycles. The van der Waals surface area contributed by atoms with Gasteiger partial charge < -0.3 is 10.6 Å². The summed E-state index contributed by atoms with van der Waals surface area (Å²) in [5.74, 6) is -1.42. The highest BCUT2D eigenvalue weighted by atomic mass is 79.9. The molecule has 9 heteroatoms. The van der Waals surface area contributed by atoms with Gasteiger partial charge in [0, 0.05) is 23.6 Å². The average Bonchev–Trinajstić information content (AvgIpc) is 2.91. The van der Waals surface area contributed by atoms with E-state index in [0.717, 1.165) is 9.37 Å².